The highest BCUT2D eigenvalue weighted by Crippen LogP contribution is 2.45. The lowest BCUT2D eigenvalue weighted by molar-refractivity contribution is 0.978. The number of fused-ring (bicyclic) bond motifs is 3. The first-order valence-electron chi connectivity index (χ1n) is 19.1. The molecule has 0 radical (unpaired) electrons. The molecule has 10 rings (SSSR count). The molecule has 0 spiro atoms. The quantitative estimate of drug-likeness (QED) is 0.163. The number of aromatic nitrogens is 3. The Kier molecular flexibility index (Phi) is 8.87. The van der Waals surface area contributed by atoms with Crippen molar-refractivity contribution in [2.24, 2.45) is 0 Å². The molecule has 1 aliphatic carbocycles. The number of nitriles is 1. The van der Waals surface area contributed by atoms with Gasteiger partial charge >= 0.3 is 0 Å². The highest BCUT2D eigenvalue weighted by atomic mass is 32.1. The standard InChI is InChI=1S/C52H34N4S/c53-33-34-15-17-35(18-16-34)36-19-21-37(22-20-36)38-23-25-39(26-24-38)44-31-32-47-49(45-13-7-8-14-46(45)57-47)48(44)40-27-29-43(30-28-40)52-55-50(41-9-3-1-4-10-41)54-51(56-52)42-11-5-2-6-12-42/h1-5,7-11,13-32H,6,12H2. The summed E-state index contributed by atoms with van der Waals surface area (Å²) in [6.07, 6.45) is 8.28. The average Bonchev–Trinajstić information content (AvgIpc) is 3.68. The fourth-order valence-electron chi connectivity index (χ4n) is 7.73. The summed E-state index contributed by atoms with van der Waals surface area (Å²) >= 11 is 1.84. The Morgan fingerprint density at radius 2 is 1.02 bits per heavy atom. The van der Waals surface area contributed by atoms with Gasteiger partial charge in [-0.25, -0.2) is 15.0 Å². The minimum absolute atomic E-state index is 0.665. The molecule has 9 aromatic rings. The second-order valence-corrected chi connectivity index (χ2v) is 15.3. The lowest BCUT2D eigenvalue weighted by Crippen LogP contribution is -2.03. The molecule has 7 aromatic carbocycles. The van der Waals surface area contributed by atoms with Crippen molar-refractivity contribution in [1.29, 1.82) is 5.26 Å². The third-order valence-electron chi connectivity index (χ3n) is 10.7. The summed E-state index contributed by atoms with van der Waals surface area (Å²) < 4.78 is 2.54. The minimum Gasteiger partial charge on any atom is -0.209 e. The van der Waals surface area contributed by atoms with Gasteiger partial charge in [0, 0.05) is 31.3 Å². The molecule has 57 heavy (non-hydrogen) atoms. The maximum absolute atomic E-state index is 9.18. The largest absolute Gasteiger partial charge is 0.209 e. The molecule has 5 heteroatoms. The number of hydrogen-bond donors (Lipinski definition) is 0. The van der Waals surface area contributed by atoms with Gasteiger partial charge in [-0.05, 0) is 87.2 Å². The van der Waals surface area contributed by atoms with Crippen molar-refractivity contribution in [2.75, 3.05) is 0 Å². The van der Waals surface area contributed by atoms with Crippen molar-refractivity contribution >= 4 is 37.1 Å². The zero-order valence-corrected chi connectivity index (χ0v) is 31.7. The van der Waals surface area contributed by atoms with E-state index in [-0.39, 0.29) is 0 Å². The number of thiophene rings is 1. The van der Waals surface area contributed by atoms with Gasteiger partial charge in [0.05, 0.1) is 11.6 Å². The van der Waals surface area contributed by atoms with Gasteiger partial charge in [-0.1, -0.05) is 158 Å². The molecule has 2 heterocycles. The van der Waals surface area contributed by atoms with E-state index in [0.29, 0.717) is 17.2 Å². The lowest BCUT2D eigenvalue weighted by atomic mass is 9.89. The predicted molar refractivity (Wildman–Crippen MR) is 236 cm³/mol. The molecule has 0 amide bonds. The van der Waals surface area contributed by atoms with E-state index < -0.39 is 0 Å². The Balaban J connectivity index is 1.04. The molecule has 0 fully saturated rings. The van der Waals surface area contributed by atoms with E-state index in [1.54, 1.807) is 0 Å². The monoisotopic (exact) mass is 746 g/mol. The van der Waals surface area contributed by atoms with Gasteiger partial charge in [0.15, 0.2) is 17.5 Å². The summed E-state index contributed by atoms with van der Waals surface area (Å²) in [6, 6.07) is 59.6. The van der Waals surface area contributed by atoms with Crippen LogP contribution in [0.3, 0.4) is 0 Å². The van der Waals surface area contributed by atoms with Crippen LogP contribution in [-0.2, 0) is 0 Å². The van der Waals surface area contributed by atoms with Gasteiger partial charge in [-0.2, -0.15) is 5.26 Å². The van der Waals surface area contributed by atoms with E-state index >= 15 is 0 Å². The van der Waals surface area contributed by atoms with Crippen molar-refractivity contribution in [3.8, 4) is 73.4 Å². The molecule has 0 saturated carbocycles. The van der Waals surface area contributed by atoms with Gasteiger partial charge < -0.3 is 0 Å². The van der Waals surface area contributed by atoms with Gasteiger partial charge in [0.25, 0.3) is 0 Å². The Hall–Kier alpha value is -7.26. The van der Waals surface area contributed by atoms with Gasteiger partial charge in [-0.15, -0.1) is 11.3 Å². The van der Waals surface area contributed by atoms with Crippen molar-refractivity contribution in [3.05, 3.63) is 193 Å². The highest BCUT2D eigenvalue weighted by molar-refractivity contribution is 7.26. The van der Waals surface area contributed by atoms with Crippen molar-refractivity contribution < 1.29 is 0 Å². The molecular weight excluding hydrogens is 713 g/mol. The second kappa shape index (κ2) is 14.8. The van der Waals surface area contributed by atoms with Crippen LogP contribution >= 0.6 is 11.3 Å². The van der Waals surface area contributed by atoms with E-state index in [1.807, 2.05) is 53.8 Å². The maximum Gasteiger partial charge on any atom is 0.164 e. The third-order valence-corrected chi connectivity index (χ3v) is 11.8. The fraction of sp³-hybridized carbons (Fsp3) is 0.0385. The molecular formula is C52H34N4S. The van der Waals surface area contributed by atoms with Crippen LogP contribution in [0.15, 0.2) is 182 Å². The summed E-state index contributed by atoms with van der Waals surface area (Å²) in [5.74, 6) is 2.08. The van der Waals surface area contributed by atoms with Crippen LogP contribution < -0.4 is 0 Å². The van der Waals surface area contributed by atoms with Crippen molar-refractivity contribution in [3.63, 3.8) is 0 Å². The average molecular weight is 747 g/mol. The first-order valence-corrected chi connectivity index (χ1v) is 19.9. The molecule has 0 aliphatic heterocycles. The molecule has 1 aliphatic rings. The first kappa shape index (κ1) is 34.2. The van der Waals surface area contributed by atoms with Crippen LogP contribution in [0.25, 0.3) is 93.0 Å². The normalized spacial score (nSPS) is 12.4. The van der Waals surface area contributed by atoms with Crippen LogP contribution in [0.5, 0.6) is 0 Å². The van der Waals surface area contributed by atoms with Gasteiger partial charge in [0.2, 0.25) is 0 Å². The summed E-state index contributed by atoms with van der Waals surface area (Å²) in [5.41, 5.74) is 13.0. The Bertz CT molecular complexity index is 3020. The lowest BCUT2D eigenvalue weighted by Gasteiger charge is -2.15. The Labute approximate surface area is 335 Å². The van der Waals surface area contributed by atoms with E-state index in [4.69, 9.17) is 15.0 Å². The summed E-state index contributed by atoms with van der Waals surface area (Å²) in [4.78, 5) is 15.0. The number of rotatable bonds is 7. The van der Waals surface area contributed by atoms with E-state index in [2.05, 4.69) is 146 Å². The molecule has 4 nitrogen and oxygen atoms in total. The van der Waals surface area contributed by atoms with Crippen LogP contribution in [0, 0.1) is 11.3 Å². The smallest absolute Gasteiger partial charge is 0.164 e. The zero-order valence-electron chi connectivity index (χ0n) is 30.9. The first-order chi connectivity index (χ1) is 28.2. The molecule has 0 unspecified atom stereocenters. The van der Waals surface area contributed by atoms with Gasteiger partial charge in [-0.3, -0.25) is 0 Å². The van der Waals surface area contributed by atoms with E-state index in [0.717, 1.165) is 68.7 Å². The van der Waals surface area contributed by atoms with Crippen LogP contribution in [0.4, 0.5) is 0 Å². The zero-order chi connectivity index (χ0) is 38.1. The molecule has 0 bridgehead atoms. The van der Waals surface area contributed by atoms with E-state index in [9.17, 15) is 5.26 Å². The maximum atomic E-state index is 9.18. The van der Waals surface area contributed by atoms with Crippen molar-refractivity contribution in [2.45, 2.75) is 12.8 Å². The minimum atomic E-state index is 0.665. The molecule has 2 aromatic heterocycles. The van der Waals surface area contributed by atoms with Crippen LogP contribution in [0.1, 0.15) is 24.2 Å². The Morgan fingerprint density at radius 1 is 0.474 bits per heavy atom. The fourth-order valence-corrected chi connectivity index (χ4v) is 8.85. The summed E-state index contributed by atoms with van der Waals surface area (Å²) in [6.45, 7) is 0. The van der Waals surface area contributed by atoms with Crippen LogP contribution in [0.2, 0.25) is 0 Å². The number of nitrogens with zero attached hydrogens (tertiary/aromatic N) is 4. The molecule has 268 valence electrons. The van der Waals surface area contributed by atoms with Crippen molar-refractivity contribution in [1.82, 2.24) is 15.0 Å². The topological polar surface area (TPSA) is 62.5 Å². The number of allylic oxidation sites excluding steroid dienone is 4. The molecule has 0 saturated heterocycles. The van der Waals surface area contributed by atoms with Crippen LogP contribution in [-0.4, -0.2) is 15.0 Å². The summed E-state index contributed by atoms with van der Waals surface area (Å²) in [7, 11) is 0. The molecule has 0 N–H and O–H groups in total. The molecule has 0 atom stereocenters. The summed E-state index contributed by atoms with van der Waals surface area (Å²) in [5, 5.41) is 11.7. The van der Waals surface area contributed by atoms with E-state index in [1.165, 1.54) is 31.3 Å². The Morgan fingerprint density at radius 3 is 1.65 bits per heavy atom. The predicted octanol–water partition coefficient (Wildman–Crippen LogP) is 13.8. The van der Waals surface area contributed by atoms with Gasteiger partial charge in [0.1, 0.15) is 0 Å². The number of benzene rings is 7. The second-order valence-electron chi connectivity index (χ2n) is 14.2. The third kappa shape index (κ3) is 6.63. The SMILES string of the molecule is N#Cc1ccc(-c2ccc(-c3ccc(-c4ccc5sc6ccccc6c5c4-c4ccc(-c5nc(C6=CC=CCC6)nc(-c6ccccc6)n5)cc4)cc3)cc2)cc1. The number of hydrogen-bond acceptors (Lipinski definition) is 5. The highest BCUT2D eigenvalue weighted by Gasteiger charge is 2.19.